The molecule has 158 valence electrons. The van der Waals surface area contributed by atoms with Crippen molar-refractivity contribution in [1.82, 2.24) is 15.0 Å². The first-order chi connectivity index (χ1) is 14.0. The SMILES string of the molecule is CC[C@@H]1CN(C(=O)c2c(C)noc2C)[C@H](CO)[C@@H]1CN(C)CCc1ccccc1. The summed E-state index contributed by atoms with van der Waals surface area (Å²) in [5.74, 6) is 1.08. The Morgan fingerprint density at radius 3 is 2.62 bits per heavy atom. The maximum atomic E-state index is 13.2. The fourth-order valence-electron chi connectivity index (χ4n) is 4.59. The summed E-state index contributed by atoms with van der Waals surface area (Å²) in [5.41, 5.74) is 2.48. The van der Waals surface area contributed by atoms with Gasteiger partial charge in [0, 0.05) is 19.6 Å². The van der Waals surface area contributed by atoms with Crippen LogP contribution in [0.25, 0.3) is 0 Å². The van der Waals surface area contributed by atoms with Crippen molar-refractivity contribution < 1.29 is 14.4 Å². The molecule has 0 saturated carbocycles. The third-order valence-corrected chi connectivity index (χ3v) is 6.30. The van der Waals surface area contributed by atoms with Crippen molar-refractivity contribution in [2.75, 3.05) is 33.3 Å². The second kappa shape index (κ2) is 9.55. The fourth-order valence-corrected chi connectivity index (χ4v) is 4.59. The van der Waals surface area contributed by atoms with E-state index in [9.17, 15) is 9.90 Å². The van der Waals surface area contributed by atoms with Crippen LogP contribution in [0.4, 0.5) is 0 Å². The van der Waals surface area contributed by atoms with E-state index in [0.717, 1.165) is 25.9 Å². The highest BCUT2D eigenvalue weighted by molar-refractivity contribution is 5.96. The van der Waals surface area contributed by atoms with Crippen LogP contribution in [0.15, 0.2) is 34.9 Å². The number of likely N-dealkylation sites (N-methyl/N-ethyl adjacent to an activating group) is 1. The van der Waals surface area contributed by atoms with Crippen molar-refractivity contribution in [3.05, 3.63) is 52.9 Å². The van der Waals surface area contributed by atoms with Crippen molar-refractivity contribution in [3.8, 4) is 0 Å². The number of aromatic nitrogens is 1. The number of aliphatic hydroxyl groups is 1. The van der Waals surface area contributed by atoms with Gasteiger partial charge in [-0.3, -0.25) is 4.79 Å². The summed E-state index contributed by atoms with van der Waals surface area (Å²) in [6.45, 7) is 8.18. The molecule has 0 radical (unpaired) electrons. The molecule has 1 amide bonds. The number of likely N-dealkylation sites (tertiary alicyclic amines) is 1. The van der Waals surface area contributed by atoms with E-state index in [1.54, 1.807) is 13.8 Å². The van der Waals surface area contributed by atoms with Crippen LogP contribution >= 0.6 is 0 Å². The van der Waals surface area contributed by atoms with E-state index >= 15 is 0 Å². The summed E-state index contributed by atoms with van der Waals surface area (Å²) in [6.07, 6.45) is 1.98. The van der Waals surface area contributed by atoms with E-state index in [1.165, 1.54) is 5.56 Å². The molecule has 1 aromatic heterocycles. The van der Waals surface area contributed by atoms with Crippen molar-refractivity contribution in [2.45, 2.75) is 39.7 Å². The number of carbonyl (C=O) groups excluding carboxylic acids is 1. The molecule has 3 atom stereocenters. The number of hydrogen-bond acceptors (Lipinski definition) is 5. The highest BCUT2D eigenvalue weighted by Crippen LogP contribution is 2.34. The van der Waals surface area contributed by atoms with Crippen LogP contribution in [0.5, 0.6) is 0 Å². The fraction of sp³-hybridized carbons (Fsp3) is 0.565. The molecule has 0 unspecified atom stereocenters. The van der Waals surface area contributed by atoms with Gasteiger partial charge in [0.1, 0.15) is 11.3 Å². The molecule has 1 aliphatic rings. The van der Waals surface area contributed by atoms with E-state index in [0.29, 0.717) is 29.5 Å². The van der Waals surface area contributed by atoms with Gasteiger partial charge in [0.2, 0.25) is 0 Å². The average molecular weight is 400 g/mol. The van der Waals surface area contributed by atoms with E-state index in [-0.39, 0.29) is 24.5 Å². The van der Waals surface area contributed by atoms with Gasteiger partial charge in [-0.2, -0.15) is 0 Å². The van der Waals surface area contributed by atoms with Crippen molar-refractivity contribution in [3.63, 3.8) is 0 Å². The molecule has 0 aliphatic carbocycles. The Hall–Kier alpha value is -2.18. The lowest BCUT2D eigenvalue weighted by molar-refractivity contribution is 0.0621. The van der Waals surface area contributed by atoms with Crippen LogP contribution in [-0.2, 0) is 6.42 Å². The quantitative estimate of drug-likeness (QED) is 0.739. The Morgan fingerprint density at radius 2 is 2.03 bits per heavy atom. The van der Waals surface area contributed by atoms with Crippen LogP contribution < -0.4 is 0 Å². The number of rotatable bonds is 8. The highest BCUT2D eigenvalue weighted by atomic mass is 16.5. The molecule has 2 heterocycles. The minimum Gasteiger partial charge on any atom is -0.394 e. The molecule has 0 spiro atoms. The molecule has 1 aliphatic heterocycles. The number of aryl methyl sites for hydroxylation is 2. The first kappa shape index (κ1) is 21.5. The summed E-state index contributed by atoms with van der Waals surface area (Å²) in [7, 11) is 2.13. The topological polar surface area (TPSA) is 69.8 Å². The van der Waals surface area contributed by atoms with E-state index in [4.69, 9.17) is 4.52 Å². The molecular formula is C23H33N3O3. The first-order valence-corrected chi connectivity index (χ1v) is 10.5. The van der Waals surface area contributed by atoms with E-state index in [1.807, 2.05) is 11.0 Å². The van der Waals surface area contributed by atoms with E-state index in [2.05, 4.69) is 48.3 Å². The number of amides is 1. The van der Waals surface area contributed by atoms with Gasteiger partial charge in [-0.25, -0.2) is 0 Å². The summed E-state index contributed by atoms with van der Waals surface area (Å²) >= 11 is 0. The zero-order valence-corrected chi connectivity index (χ0v) is 18.0. The number of hydrogen-bond donors (Lipinski definition) is 1. The molecule has 3 rings (SSSR count). The van der Waals surface area contributed by atoms with Crippen molar-refractivity contribution >= 4 is 5.91 Å². The smallest absolute Gasteiger partial charge is 0.259 e. The Labute approximate surface area is 173 Å². The Bertz CT molecular complexity index is 785. The first-order valence-electron chi connectivity index (χ1n) is 10.5. The summed E-state index contributed by atoms with van der Waals surface area (Å²) < 4.78 is 5.20. The standard InChI is InChI=1S/C23H33N3O3/c1-5-19-13-26(23(28)22-16(2)24-29-17(22)3)21(15-27)20(19)14-25(4)12-11-18-9-7-6-8-10-18/h6-10,19-21,27H,5,11-15H2,1-4H3/t19-,20-,21-/m1/s1. The van der Waals surface area contributed by atoms with E-state index < -0.39 is 0 Å². The molecule has 2 aromatic rings. The van der Waals surface area contributed by atoms with Gasteiger partial charge in [-0.1, -0.05) is 48.8 Å². The highest BCUT2D eigenvalue weighted by Gasteiger charge is 2.44. The Morgan fingerprint density at radius 1 is 1.31 bits per heavy atom. The largest absolute Gasteiger partial charge is 0.394 e. The van der Waals surface area contributed by atoms with Crippen LogP contribution in [0.3, 0.4) is 0 Å². The molecule has 0 bridgehead atoms. The zero-order chi connectivity index (χ0) is 21.0. The third kappa shape index (κ3) is 4.70. The molecule has 1 fully saturated rings. The number of nitrogens with zero attached hydrogens (tertiary/aromatic N) is 3. The predicted molar refractivity (Wildman–Crippen MR) is 113 cm³/mol. The monoisotopic (exact) mass is 399 g/mol. The van der Waals surface area contributed by atoms with Gasteiger partial charge in [0.15, 0.2) is 0 Å². The summed E-state index contributed by atoms with van der Waals surface area (Å²) in [6, 6.07) is 10.3. The molecule has 1 N–H and O–H groups in total. The van der Waals surface area contributed by atoms with Gasteiger partial charge in [0.25, 0.3) is 5.91 Å². The van der Waals surface area contributed by atoms with Crippen LogP contribution in [0.1, 0.15) is 40.7 Å². The van der Waals surface area contributed by atoms with Crippen LogP contribution in [-0.4, -0.2) is 65.3 Å². The third-order valence-electron chi connectivity index (χ3n) is 6.30. The minimum atomic E-state index is -0.180. The Kier molecular flexibility index (Phi) is 7.09. The van der Waals surface area contributed by atoms with Crippen molar-refractivity contribution in [1.29, 1.82) is 0 Å². The number of carbonyl (C=O) groups is 1. The van der Waals surface area contributed by atoms with Gasteiger partial charge < -0.3 is 19.4 Å². The molecule has 1 saturated heterocycles. The lowest BCUT2D eigenvalue weighted by atomic mass is 9.88. The zero-order valence-electron chi connectivity index (χ0n) is 18.0. The molecule has 6 heteroatoms. The lowest BCUT2D eigenvalue weighted by Crippen LogP contribution is -2.43. The second-order valence-corrected chi connectivity index (χ2v) is 8.24. The lowest BCUT2D eigenvalue weighted by Gasteiger charge is -2.30. The molecule has 6 nitrogen and oxygen atoms in total. The van der Waals surface area contributed by atoms with Crippen molar-refractivity contribution in [2.24, 2.45) is 11.8 Å². The normalized spacial score (nSPS) is 21.9. The average Bonchev–Trinajstić information content (AvgIpc) is 3.25. The van der Waals surface area contributed by atoms with Crippen LogP contribution in [0.2, 0.25) is 0 Å². The molecule has 1 aromatic carbocycles. The van der Waals surface area contributed by atoms with Gasteiger partial charge in [0.05, 0.1) is 18.3 Å². The van der Waals surface area contributed by atoms with Gasteiger partial charge in [-0.15, -0.1) is 0 Å². The summed E-state index contributed by atoms with van der Waals surface area (Å²) in [4.78, 5) is 17.4. The second-order valence-electron chi connectivity index (χ2n) is 8.24. The maximum Gasteiger partial charge on any atom is 0.259 e. The number of aliphatic hydroxyl groups excluding tert-OH is 1. The number of benzene rings is 1. The maximum absolute atomic E-state index is 13.2. The summed E-state index contributed by atoms with van der Waals surface area (Å²) in [5, 5.41) is 14.1. The molecular weight excluding hydrogens is 366 g/mol. The van der Waals surface area contributed by atoms with Crippen LogP contribution in [0, 0.1) is 25.7 Å². The Balaban J connectivity index is 1.69. The predicted octanol–water partition coefficient (Wildman–Crippen LogP) is 2.93. The van der Waals surface area contributed by atoms with Gasteiger partial charge in [-0.05, 0) is 44.7 Å². The minimum absolute atomic E-state index is 0.0250. The van der Waals surface area contributed by atoms with Gasteiger partial charge >= 0.3 is 0 Å². The molecule has 29 heavy (non-hydrogen) atoms.